The highest BCUT2D eigenvalue weighted by molar-refractivity contribution is 6.24. The Bertz CT molecular complexity index is 1290. The Hall–Kier alpha value is -4.24. The molecule has 2 saturated heterocycles. The Morgan fingerprint density at radius 2 is 1.47 bits per heavy atom. The standard InChI is InChI=1S/C29H30N2O7/c1-5-15-37-21-13-11-19(12-14-21)30-28(32)24-25(18-16-22(34-2)26(36-4)23(17-18)35-3)31(38-27(24)29(30)33)20-9-7-6-8-10-20/h6-14,16-17,24-25,27H,5,15H2,1-4H3/t24-,25+,27+/m1/s1. The number of anilines is 2. The number of amides is 2. The number of hydrogen-bond donors (Lipinski definition) is 0. The molecule has 2 aliphatic rings. The summed E-state index contributed by atoms with van der Waals surface area (Å²) in [5.41, 5.74) is 1.86. The number of para-hydroxylation sites is 1. The molecule has 0 aliphatic carbocycles. The molecule has 38 heavy (non-hydrogen) atoms. The van der Waals surface area contributed by atoms with Crippen LogP contribution < -0.4 is 28.9 Å². The number of imide groups is 1. The van der Waals surface area contributed by atoms with Crippen LogP contribution in [0.4, 0.5) is 11.4 Å². The Morgan fingerprint density at radius 3 is 2.05 bits per heavy atom. The van der Waals surface area contributed by atoms with Crippen LogP contribution in [0, 0.1) is 5.92 Å². The van der Waals surface area contributed by atoms with Crippen LogP contribution in [0.3, 0.4) is 0 Å². The molecule has 0 saturated carbocycles. The molecular formula is C29H30N2O7. The summed E-state index contributed by atoms with van der Waals surface area (Å²) in [6.45, 7) is 2.61. The number of benzene rings is 3. The van der Waals surface area contributed by atoms with Crippen molar-refractivity contribution in [3.8, 4) is 23.0 Å². The largest absolute Gasteiger partial charge is 0.494 e. The topological polar surface area (TPSA) is 86.8 Å². The zero-order valence-electron chi connectivity index (χ0n) is 21.7. The van der Waals surface area contributed by atoms with Crippen molar-refractivity contribution in [2.75, 3.05) is 37.9 Å². The molecule has 3 aromatic rings. The smallest absolute Gasteiger partial charge is 0.266 e. The van der Waals surface area contributed by atoms with Crippen molar-refractivity contribution in [2.24, 2.45) is 5.92 Å². The molecule has 0 aromatic heterocycles. The van der Waals surface area contributed by atoms with E-state index in [1.807, 2.05) is 37.3 Å². The summed E-state index contributed by atoms with van der Waals surface area (Å²) in [4.78, 5) is 35.0. The lowest BCUT2D eigenvalue weighted by molar-refractivity contribution is -0.126. The number of rotatable bonds is 9. The van der Waals surface area contributed by atoms with Gasteiger partial charge in [0.25, 0.3) is 5.91 Å². The molecule has 2 aliphatic heterocycles. The molecule has 0 bridgehead atoms. The van der Waals surface area contributed by atoms with Gasteiger partial charge in [-0.1, -0.05) is 25.1 Å². The average molecular weight is 519 g/mol. The lowest BCUT2D eigenvalue weighted by atomic mass is 9.90. The van der Waals surface area contributed by atoms with Crippen molar-refractivity contribution < 1.29 is 33.4 Å². The minimum absolute atomic E-state index is 0.348. The summed E-state index contributed by atoms with van der Waals surface area (Å²) in [6.07, 6.45) is -0.117. The van der Waals surface area contributed by atoms with Gasteiger partial charge in [-0.3, -0.25) is 14.4 Å². The van der Waals surface area contributed by atoms with Crippen molar-refractivity contribution in [3.63, 3.8) is 0 Å². The van der Waals surface area contributed by atoms with Crippen molar-refractivity contribution in [1.82, 2.24) is 0 Å². The average Bonchev–Trinajstić information content (AvgIpc) is 3.47. The van der Waals surface area contributed by atoms with E-state index in [0.29, 0.717) is 46.5 Å². The minimum atomic E-state index is -0.997. The molecule has 9 nitrogen and oxygen atoms in total. The highest BCUT2D eigenvalue weighted by Crippen LogP contribution is 2.50. The number of carbonyl (C=O) groups excluding carboxylic acids is 2. The number of fused-ring (bicyclic) bond motifs is 1. The fourth-order valence-electron chi connectivity index (χ4n) is 4.99. The highest BCUT2D eigenvalue weighted by Gasteiger charge is 2.60. The third-order valence-electron chi connectivity index (χ3n) is 6.72. The Morgan fingerprint density at radius 1 is 0.816 bits per heavy atom. The fourth-order valence-corrected chi connectivity index (χ4v) is 4.99. The summed E-state index contributed by atoms with van der Waals surface area (Å²) in [6, 6.07) is 19.3. The fraction of sp³-hybridized carbons (Fsp3) is 0.310. The van der Waals surface area contributed by atoms with Crippen LogP contribution in [0.25, 0.3) is 0 Å². The van der Waals surface area contributed by atoms with Gasteiger partial charge in [0.15, 0.2) is 17.6 Å². The summed E-state index contributed by atoms with van der Waals surface area (Å²) in [7, 11) is 4.59. The van der Waals surface area contributed by atoms with E-state index in [0.717, 1.165) is 6.42 Å². The predicted octanol–water partition coefficient (Wildman–Crippen LogP) is 4.55. The number of nitrogens with zero attached hydrogens (tertiary/aromatic N) is 2. The second-order valence-electron chi connectivity index (χ2n) is 8.97. The minimum Gasteiger partial charge on any atom is -0.494 e. The maximum atomic E-state index is 13.9. The van der Waals surface area contributed by atoms with Gasteiger partial charge in [0.2, 0.25) is 11.7 Å². The third-order valence-corrected chi connectivity index (χ3v) is 6.72. The molecule has 0 N–H and O–H groups in total. The Kier molecular flexibility index (Phi) is 7.11. The van der Waals surface area contributed by atoms with Crippen molar-refractivity contribution >= 4 is 23.2 Å². The molecule has 3 atom stereocenters. The second kappa shape index (κ2) is 10.6. The first-order valence-corrected chi connectivity index (χ1v) is 12.4. The zero-order valence-corrected chi connectivity index (χ0v) is 21.7. The summed E-state index contributed by atoms with van der Waals surface area (Å²) >= 11 is 0. The van der Waals surface area contributed by atoms with Gasteiger partial charge in [-0.2, -0.15) is 0 Å². The van der Waals surface area contributed by atoms with E-state index in [1.54, 1.807) is 41.5 Å². The first kappa shape index (κ1) is 25.4. The van der Waals surface area contributed by atoms with E-state index in [2.05, 4.69) is 0 Å². The van der Waals surface area contributed by atoms with Crippen LogP contribution in [0.2, 0.25) is 0 Å². The van der Waals surface area contributed by atoms with Crippen molar-refractivity contribution in [2.45, 2.75) is 25.5 Å². The first-order chi connectivity index (χ1) is 18.5. The van der Waals surface area contributed by atoms with Gasteiger partial charge in [-0.15, -0.1) is 0 Å². The van der Waals surface area contributed by atoms with Gasteiger partial charge in [0, 0.05) is 0 Å². The number of ether oxygens (including phenoxy) is 4. The van der Waals surface area contributed by atoms with Gasteiger partial charge < -0.3 is 18.9 Å². The van der Waals surface area contributed by atoms with Crippen LogP contribution in [-0.2, 0) is 14.4 Å². The van der Waals surface area contributed by atoms with Crippen molar-refractivity contribution in [1.29, 1.82) is 0 Å². The second-order valence-corrected chi connectivity index (χ2v) is 8.97. The van der Waals surface area contributed by atoms with E-state index >= 15 is 0 Å². The van der Waals surface area contributed by atoms with Crippen LogP contribution in [0.5, 0.6) is 23.0 Å². The van der Waals surface area contributed by atoms with Crippen molar-refractivity contribution in [3.05, 3.63) is 72.3 Å². The molecular weight excluding hydrogens is 488 g/mol. The number of methoxy groups -OCH3 is 3. The predicted molar refractivity (Wildman–Crippen MR) is 141 cm³/mol. The van der Waals surface area contributed by atoms with Gasteiger partial charge in [0.1, 0.15) is 11.7 Å². The van der Waals surface area contributed by atoms with Gasteiger partial charge in [-0.25, -0.2) is 9.96 Å². The summed E-state index contributed by atoms with van der Waals surface area (Å²) in [5.74, 6) is 0.418. The molecule has 2 fully saturated rings. The van der Waals surface area contributed by atoms with Crippen LogP contribution >= 0.6 is 0 Å². The molecule has 2 heterocycles. The van der Waals surface area contributed by atoms with E-state index in [4.69, 9.17) is 23.8 Å². The first-order valence-electron chi connectivity index (χ1n) is 12.4. The zero-order chi connectivity index (χ0) is 26.8. The van der Waals surface area contributed by atoms with E-state index in [1.165, 1.54) is 26.2 Å². The molecule has 2 amide bonds. The molecule has 9 heteroatoms. The van der Waals surface area contributed by atoms with Crippen LogP contribution in [0.15, 0.2) is 66.7 Å². The molecule has 0 unspecified atom stereocenters. The normalized spacial score (nSPS) is 20.5. The summed E-state index contributed by atoms with van der Waals surface area (Å²) < 4.78 is 22.3. The highest BCUT2D eigenvalue weighted by atomic mass is 16.7. The molecule has 198 valence electrons. The molecule has 0 spiro atoms. The Labute approximate surface area is 221 Å². The maximum Gasteiger partial charge on any atom is 0.266 e. The van der Waals surface area contributed by atoms with E-state index < -0.39 is 24.0 Å². The number of carbonyl (C=O) groups is 2. The monoisotopic (exact) mass is 518 g/mol. The Balaban J connectivity index is 1.56. The molecule has 3 aromatic carbocycles. The number of hydrogen-bond acceptors (Lipinski definition) is 8. The van der Waals surface area contributed by atoms with Gasteiger partial charge >= 0.3 is 0 Å². The van der Waals surface area contributed by atoms with Crippen LogP contribution in [0.1, 0.15) is 24.9 Å². The van der Waals surface area contributed by atoms with Crippen LogP contribution in [-0.4, -0.2) is 45.9 Å². The van der Waals surface area contributed by atoms with Gasteiger partial charge in [-0.05, 0) is 60.5 Å². The lowest BCUT2D eigenvalue weighted by Gasteiger charge is -2.29. The quantitative estimate of drug-likeness (QED) is 0.382. The molecule has 5 rings (SSSR count). The molecule has 0 radical (unpaired) electrons. The van der Waals surface area contributed by atoms with Gasteiger partial charge in [0.05, 0.1) is 45.4 Å². The third kappa shape index (κ3) is 4.28. The summed E-state index contributed by atoms with van der Waals surface area (Å²) in [5, 5.41) is 1.63. The van der Waals surface area contributed by atoms with E-state index in [9.17, 15) is 9.59 Å². The number of hydroxylamine groups is 1. The maximum absolute atomic E-state index is 13.9. The SMILES string of the molecule is CCCOc1ccc(N2C(=O)[C@H]3[C@H](ON(c4ccccc4)[C@H]3c3cc(OC)c(OC)c(OC)c3)C2=O)cc1. The lowest BCUT2D eigenvalue weighted by Crippen LogP contribution is -2.37. The van der Waals surface area contributed by atoms with E-state index in [-0.39, 0.29) is 5.91 Å².